The van der Waals surface area contributed by atoms with Crippen molar-refractivity contribution in [1.29, 1.82) is 0 Å². The molecule has 210 valence electrons. The van der Waals surface area contributed by atoms with Crippen molar-refractivity contribution in [3.8, 4) is 5.75 Å². The Morgan fingerprint density at radius 3 is 2.42 bits per heavy atom. The number of hydrogen-bond acceptors (Lipinski definition) is 10. The molecule has 5 atom stereocenters. The lowest BCUT2D eigenvalue weighted by Crippen LogP contribution is -2.66. The van der Waals surface area contributed by atoms with Gasteiger partial charge in [-0.3, -0.25) is 14.4 Å². The number of nitrogens with one attached hydrogen (secondary N) is 2. The number of phenols is 1. The molecule has 1 saturated carbocycles. The van der Waals surface area contributed by atoms with E-state index in [0.29, 0.717) is 22.8 Å². The van der Waals surface area contributed by atoms with Crippen molar-refractivity contribution in [3.05, 3.63) is 76.1 Å². The van der Waals surface area contributed by atoms with Crippen molar-refractivity contribution in [2.75, 3.05) is 25.2 Å². The normalized spacial score (nSPS) is 27.7. The van der Waals surface area contributed by atoms with Crippen LogP contribution < -0.4 is 16.4 Å². The summed E-state index contributed by atoms with van der Waals surface area (Å²) < 4.78 is 0. The summed E-state index contributed by atoms with van der Waals surface area (Å²) in [6.45, 7) is 0. The van der Waals surface area contributed by atoms with Gasteiger partial charge < -0.3 is 36.8 Å². The first-order valence-electron chi connectivity index (χ1n) is 12.9. The Balaban J connectivity index is 1.68. The number of phenolic OH excluding ortho intramolecular Hbond substituents is 1. The number of nitrogens with two attached hydrogens (primary N) is 1. The largest absolute Gasteiger partial charge is 0.508 e. The second-order valence-electron chi connectivity index (χ2n) is 10.3. The molecule has 2 aromatic rings. The van der Waals surface area contributed by atoms with Crippen LogP contribution in [0.5, 0.6) is 5.75 Å². The van der Waals surface area contributed by atoms with Gasteiger partial charge in [0.2, 0.25) is 5.78 Å². The van der Waals surface area contributed by atoms with Crippen LogP contribution in [0.2, 0.25) is 0 Å². The molecule has 1 amide bonds. The molecule has 40 heavy (non-hydrogen) atoms. The van der Waals surface area contributed by atoms with Gasteiger partial charge in [-0.25, -0.2) is 0 Å². The smallest absolute Gasteiger partial charge is 0.255 e. The fourth-order valence-corrected chi connectivity index (χ4v) is 7.70. The van der Waals surface area contributed by atoms with E-state index in [0.717, 1.165) is 5.56 Å². The molecule has 11 heteroatoms. The van der Waals surface area contributed by atoms with Crippen molar-refractivity contribution in [1.82, 2.24) is 5.32 Å². The highest BCUT2D eigenvalue weighted by atomic mass is 32.2. The summed E-state index contributed by atoms with van der Waals surface area (Å²) in [5, 5.41) is 51.0. The molecule has 2 aromatic carbocycles. The van der Waals surface area contributed by atoms with Gasteiger partial charge in [-0.15, -0.1) is 0 Å². The maximum Gasteiger partial charge on any atom is 0.255 e. The van der Waals surface area contributed by atoms with E-state index in [-0.39, 0.29) is 23.3 Å². The van der Waals surface area contributed by atoms with Crippen LogP contribution in [0.3, 0.4) is 0 Å². The first-order valence-corrected chi connectivity index (χ1v) is 14.0. The molecule has 8 N–H and O–H groups in total. The molecular weight excluding hydrogens is 534 g/mol. The van der Waals surface area contributed by atoms with Crippen LogP contribution in [0, 0.1) is 11.8 Å². The average molecular weight is 566 g/mol. The number of anilines is 1. The van der Waals surface area contributed by atoms with Crippen LogP contribution in [0.4, 0.5) is 5.69 Å². The molecule has 0 saturated heterocycles. The zero-order valence-corrected chi connectivity index (χ0v) is 22.8. The Bertz CT molecular complexity index is 1470. The molecule has 5 rings (SSSR count). The molecule has 0 unspecified atom stereocenters. The van der Waals surface area contributed by atoms with E-state index in [1.54, 1.807) is 24.9 Å². The Morgan fingerprint density at radius 1 is 1.10 bits per heavy atom. The zero-order valence-electron chi connectivity index (χ0n) is 22.0. The number of thioether (sulfide) groups is 1. The number of Topliss-reactive ketones (excluding diaryl/α,β-unsaturated/α-hetero) is 2. The molecule has 3 aliphatic rings. The van der Waals surface area contributed by atoms with Crippen LogP contribution in [0.25, 0.3) is 5.76 Å². The first-order chi connectivity index (χ1) is 19.1. The number of fused-ring (bicyclic) bond motifs is 3. The summed E-state index contributed by atoms with van der Waals surface area (Å²) in [5.74, 6) is -6.09. The second kappa shape index (κ2) is 10.3. The summed E-state index contributed by atoms with van der Waals surface area (Å²) in [4.78, 5) is 39.4. The van der Waals surface area contributed by atoms with Gasteiger partial charge >= 0.3 is 0 Å². The summed E-state index contributed by atoms with van der Waals surface area (Å²) in [7, 11) is 3.17. The number of primary amides is 1. The molecule has 0 spiro atoms. The van der Waals surface area contributed by atoms with Crippen LogP contribution in [0.1, 0.15) is 29.0 Å². The van der Waals surface area contributed by atoms with Gasteiger partial charge in [-0.05, 0) is 42.6 Å². The van der Waals surface area contributed by atoms with Crippen molar-refractivity contribution >= 4 is 40.7 Å². The number of aromatic hydroxyl groups is 1. The van der Waals surface area contributed by atoms with Gasteiger partial charge in [0.05, 0.1) is 11.6 Å². The lowest BCUT2D eigenvalue weighted by Gasteiger charge is -2.50. The Hall–Kier alpha value is -3.80. The minimum Gasteiger partial charge on any atom is -0.508 e. The van der Waals surface area contributed by atoms with Gasteiger partial charge in [0.25, 0.3) is 5.91 Å². The van der Waals surface area contributed by atoms with E-state index in [1.165, 1.54) is 13.1 Å². The summed E-state index contributed by atoms with van der Waals surface area (Å²) >= 11 is 1.61. The van der Waals surface area contributed by atoms with Crippen LogP contribution in [-0.2, 0) is 20.1 Å². The number of aliphatic hydroxyl groups excluding tert-OH is 2. The summed E-state index contributed by atoms with van der Waals surface area (Å²) in [6.07, 6.45) is 0.0177. The molecule has 0 aromatic heterocycles. The molecule has 10 nitrogen and oxygen atoms in total. The van der Waals surface area contributed by atoms with E-state index >= 15 is 0 Å². The fourth-order valence-electron chi connectivity index (χ4n) is 6.50. The maximum absolute atomic E-state index is 14.1. The monoisotopic (exact) mass is 565 g/mol. The predicted octanol–water partition coefficient (Wildman–Crippen LogP) is 2.14. The van der Waals surface area contributed by atoms with Crippen LogP contribution >= 0.6 is 11.8 Å². The van der Waals surface area contributed by atoms with Crippen LogP contribution in [0.15, 0.2) is 59.4 Å². The van der Waals surface area contributed by atoms with E-state index in [4.69, 9.17) is 5.73 Å². The molecule has 0 heterocycles. The standard InChI is InChI=1S/C29H31N3O7S/c1-31-17-8-9-18(33)21-19(17)15(12-40-11-13-6-4-3-5-7-13)14-10-16-23(32-2)25(35)22(28(30)38)27(37)29(16,39)26(36)20(14)24(21)34/h3-9,14-16,23,31-34,37,39H,10-12H2,1-2H3,(H2,30,38)/t14-,15-,16+,23+,29+/m1/s1. The van der Waals surface area contributed by atoms with Gasteiger partial charge in [0, 0.05) is 41.6 Å². The third-order valence-corrected chi connectivity index (χ3v) is 9.48. The number of ketones is 2. The third-order valence-electron chi connectivity index (χ3n) is 8.34. The minimum atomic E-state index is -2.68. The fraction of sp³-hybridized carbons (Fsp3) is 0.345. The van der Waals surface area contributed by atoms with E-state index < -0.39 is 64.0 Å². The van der Waals surface area contributed by atoms with Crippen molar-refractivity contribution < 1.29 is 34.8 Å². The number of rotatable bonds is 7. The number of carbonyl (C=O) groups excluding carboxylic acids is 3. The van der Waals surface area contributed by atoms with Gasteiger partial charge in [0.15, 0.2) is 11.4 Å². The van der Waals surface area contributed by atoms with Gasteiger partial charge in [0.1, 0.15) is 22.8 Å². The van der Waals surface area contributed by atoms with E-state index in [1.807, 2.05) is 30.3 Å². The molecule has 3 aliphatic carbocycles. The number of carbonyl (C=O) groups is 3. The van der Waals surface area contributed by atoms with E-state index in [2.05, 4.69) is 10.6 Å². The third kappa shape index (κ3) is 3.99. The second-order valence-corrected chi connectivity index (χ2v) is 11.3. The zero-order chi connectivity index (χ0) is 28.9. The maximum atomic E-state index is 14.1. The van der Waals surface area contributed by atoms with Gasteiger partial charge in [-0.1, -0.05) is 30.3 Å². The number of aliphatic hydroxyl groups is 3. The first kappa shape index (κ1) is 27.8. The highest BCUT2D eigenvalue weighted by molar-refractivity contribution is 7.98. The topological polar surface area (TPSA) is 182 Å². The minimum absolute atomic E-state index is 0.0177. The Kier molecular flexibility index (Phi) is 7.15. The molecule has 1 fully saturated rings. The molecule has 0 aliphatic heterocycles. The van der Waals surface area contributed by atoms with Crippen LogP contribution in [-0.4, -0.2) is 69.4 Å². The van der Waals surface area contributed by atoms with Crippen molar-refractivity contribution in [2.24, 2.45) is 17.6 Å². The lowest BCUT2D eigenvalue weighted by molar-refractivity contribution is -0.150. The van der Waals surface area contributed by atoms with E-state index in [9.17, 15) is 34.8 Å². The molecule has 0 radical (unpaired) electrons. The Labute approximate surface area is 235 Å². The SMILES string of the molecule is CNc1ccc(O)c2c1[C@H](CSCc1ccccc1)[C@H]1C[C@H]3[C@H](NC)C(=O)C(C(N)=O)=C(O)[C@@]3(O)C(=O)C1=C2O. The lowest BCUT2D eigenvalue weighted by atomic mass is 9.55. The molecular formula is C29H31N3O7S. The Morgan fingerprint density at radius 2 is 1.80 bits per heavy atom. The summed E-state index contributed by atoms with van der Waals surface area (Å²) in [5.41, 5.74) is 4.10. The number of likely N-dealkylation sites (N-methyl/N-ethyl adjacent to an activating group) is 1. The number of hydrogen-bond donors (Lipinski definition) is 7. The van der Waals surface area contributed by atoms with Crippen molar-refractivity contribution in [2.45, 2.75) is 29.7 Å². The number of benzene rings is 2. The highest BCUT2D eigenvalue weighted by Crippen LogP contribution is 2.57. The highest BCUT2D eigenvalue weighted by Gasteiger charge is 2.64. The average Bonchev–Trinajstić information content (AvgIpc) is 2.93. The quantitative estimate of drug-likeness (QED) is 0.194. The van der Waals surface area contributed by atoms with Gasteiger partial charge in [-0.2, -0.15) is 11.8 Å². The predicted molar refractivity (Wildman–Crippen MR) is 151 cm³/mol. The number of amides is 1. The van der Waals surface area contributed by atoms with Crippen molar-refractivity contribution in [3.63, 3.8) is 0 Å². The summed E-state index contributed by atoms with van der Waals surface area (Å²) in [6, 6.07) is 11.7. The molecule has 0 bridgehead atoms.